The van der Waals surface area contributed by atoms with Gasteiger partial charge >= 0.3 is 0 Å². The Bertz CT molecular complexity index is 299. The number of nitrogens with zero attached hydrogens (tertiary/aromatic N) is 1. The molecular formula is C11H18N2S. The van der Waals surface area contributed by atoms with Crippen molar-refractivity contribution in [1.82, 2.24) is 4.98 Å². The number of rotatable bonds is 4. The first-order chi connectivity index (χ1) is 6.63. The molecule has 14 heavy (non-hydrogen) atoms. The minimum Gasteiger partial charge on any atom is -0.398 e. The van der Waals surface area contributed by atoms with Crippen molar-refractivity contribution < 1.29 is 0 Å². The zero-order valence-corrected chi connectivity index (χ0v) is 9.90. The van der Waals surface area contributed by atoms with Crippen molar-refractivity contribution in [3.05, 3.63) is 17.8 Å². The van der Waals surface area contributed by atoms with E-state index in [1.54, 1.807) is 11.8 Å². The van der Waals surface area contributed by atoms with Crippen LogP contribution in [0, 0.1) is 12.8 Å². The molecule has 2 nitrogen and oxygen atoms in total. The Balaban J connectivity index is 2.55. The monoisotopic (exact) mass is 210 g/mol. The summed E-state index contributed by atoms with van der Waals surface area (Å²) in [4.78, 5) is 4.33. The maximum atomic E-state index is 5.81. The van der Waals surface area contributed by atoms with Gasteiger partial charge in [0, 0.05) is 17.6 Å². The van der Waals surface area contributed by atoms with Crippen LogP contribution in [0.25, 0.3) is 0 Å². The molecule has 0 spiro atoms. The Hall–Kier alpha value is -0.700. The van der Waals surface area contributed by atoms with E-state index in [1.165, 1.54) is 6.42 Å². The summed E-state index contributed by atoms with van der Waals surface area (Å²) in [5.41, 5.74) is 7.70. The van der Waals surface area contributed by atoms with Crippen molar-refractivity contribution in [3.63, 3.8) is 0 Å². The molecule has 1 aromatic rings. The van der Waals surface area contributed by atoms with Crippen LogP contribution < -0.4 is 5.73 Å². The summed E-state index contributed by atoms with van der Waals surface area (Å²) < 4.78 is 0. The van der Waals surface area contributed by atoms with Gasteiger partial charge in [0.05, 0.1) is 5.03 Å². The molecule has 0 amide bonds. The van der Waals surface area contributed by atoms with Gasteiger partial charge in [-0.25, -0.2) is 4.98 Å². The number of anilines is 1. The predicted octanol–water partition coefficient (Wildman–Crippen LogP) is 3.11. The van der Waals surface area contributed by atoms with E-state index in [-0.39, 0.29) is 0 Å². The first kappa shape index (κ1) is 11.4. The van der Waals surface area contributed by atoms with E-state index in [9.17, 15) is 0 Å². The predicted molar refractivity (Wildman–Crippen MR) is 63.6 cm³/mol. The Labute approximate surface area is 90.3 Å². The zero-order valence-electron chi connectivity index (χ0n) is 9.08. The van der Waals surface area contributed by atoms with E-state index < -0.39 is 0 Å². The standard InChI is InChI=1S/C11H18N2S/c1-4-8(2)7-14-11-5-10(12)9(3)6-13-11/h5-6,8H,4,7H2,1-3H3,(H2,12,13). The van der Waals surface area contributed by atoms with Crippen molar-refractivity contribution in [2.45, 2.75) is 32.2 Å². The van der Waals surface area contributed by atoms with Gasteiger partial charge in [0.25, 0.3) is 0 Å². The zero-order chi connectivity index (χ0) is 10.6. The van der Waals surface area contributed by atoms with Gasteiger partial charge < -0.3 is 5.73 Å². The van der Waals surface area contributed by atoms with E-state index in [1.807, 2.05) is 19.2 Å². The van der Waals surface area contributed by atoms with E-state index in [2.05, 4.69) is 18.8 Å². The number of nitrogens with two attached hydrogens (primary N) is 1. The number of thioether (sulfide) groups is 1. The molecule has 1 aromatic heterocycles. The van der Waals surface area contributed by atoms with Crippen molar-refractivity contribution in [2.24, 2.45) is 5.92 Å². The van der Waals surface area contributed by atoms with Crippen molar-refractivity contribution >= 4 is 17.4 Å². The normalized spacial score (nSPS) is 12.8. The fourth-order valence-electron chi connectivity index (χ4n) is 0.944. The van der Waals surface area contributed by atoms with Crippen LogP contribution in [0.3, 0.4) is 0 Å². The van der Waals surface area contributed by atoms with Gasteiger partial charge in [-0.2, -0.15) is 0 Å². The van der Waals surface area contributed by atoms with E-state index >= 15 is 0 Å². The Morgan fingerprint density at radius 1 is 1.57 bits per heavy atom. The highest BCUT2D eigenvalue weighted by Crippen LogP contribution is 2.22. The fraction of sp³-hybridized carbons (Fsp3) is 0.545. The second-order valence-electron chi connectivity index (χ2n) is 3.70. The Kier molecular flexibility index (Phi) is 4.26. The molecule has 0 aromatic carbocycles. The van der Waals surface area contributed by atoms with Gasteiger partial charge in [-0.3, -0.25) is 0 Å². The molecule has 2 N–H and O–H groups in total. The van der Waals surface area contributed by atoms with Gasteiger partial charge in [-0.05, 0) is 24.5 Å². The second kappa shape index (κ2) is 5.25. The number of hydrogen-bond acceptors (Lipinski definition) is 3. The molecule has 0 saturated heterocycles. The van der Waals surface area contributed by atoms with E-state index in [4.69, 9.17) is 5.73 Å². The van der Waals surface area contributed by atoms with Crippen LogP contribution in [0.1, 0.15) is 25.8 Å². The minimum atomic E-state index is 0.740. The summed E-state index contributed by atoms with van der Waals surface area (Å²) in [5.74, 6) is 1.86. The third-order valence-corrected chi connectivity index (χ3v) is 3.59. The largest absolute Gasteiger partial charge is 0.398 e. The second-order valence-corrected chi connectivity index (χ2v) is 4.74. The molecule has 1 unspecified atom stereocenters. The summed E-state index contributed by atoms with van der Waals surface area (Å²) in [6.07, 6.45) is 3.06. The molecule has 0 radical (unpaired) electrons. The molecule has 0 bridgehead atoms. The lowest BCUT2D eigenvalue weighted by Gasteiger charge is -2.08. The molecular weight excluding hydrogens is 192 g/mol. The minimum absolute atomic E-state index is 0.740. The van der Waals surface area contributed by atoms with E-state index in [0.717, 1.165) is 27.9 Å². The first-order valence-electron chi connectivity index (χ1n) is 4.98. The number of aromatic nitrogens is 1. The lowest BCUT2D eigenvalue weighted by Crippen LogP contribution is -1.97. The molecule has 0 aliphatic carbocycles. The number of hydrogen-bond donors (Lipinski definition) is 1. The molecule has 1 atom stereocenters. The molecule has 1 heterocycles. The highest BCUT2D eigenvalue weighted by molar-refractivity contribution is 7.99. The lowest BCUT2D eigenvalue weighted by atomic mass is 10.2. The molecule has 1 rings (SSSR count). The lowest BCUT2D eigenvalue weighted by molar-refractivity contribution is 0.636. The summed E-state index contributed by atoms with van der Waals surface area (Å²) in [6, 6.07) is 1.96. The van der Waals surface area contributed by atoms with Gasteiger partial charge in [-0.15, -0.1) is 11.8 Å². The molecule has 3 heteroatoms. The quantitative estimate of drug-likeness (QED) is 0.776. The smallest absolute Gasteiger partial charge is 0.0980 e. The highest BCUT2D eigenvalue weighted by Gasteiger charge is 2.02. The third-order valence-electron chi connectivity index (χ3n) is 2.33. The van der Waals surface area contributed by atoms with Crippen LogP contribution in [-0.2, 0) is 0 Å². The third kappa shape index (κ3) is 3.22. The van der Waals surface area contributed by atoms with Gasteiger partial charge in [0.1, 0.15) is 0 Å². The molecule has 0 aliphatic heterocycles. The summed E-state index contributed by atoms with van der Waals surface area (Å²) in [5, 5.41) is 1.04. The van der Waals surface area contributed by atoms with Crippen LogP contribution in [0.15, 0.2) is 17.3 Å². The van der Waals surface area contributed by atoms with E-state index in [0.29, 0.717) is 0 Å². The molecule has 0 fully saturated rings. The van der Waals surface area contributed by atoms with Crippen LogP contribution in [0.4, 0.5) is 5.69 Å². The van der Waals surface area contributed by atoms with Gasteiger partial charge in [-0.1, -0.05) is 20.3 Å². The van der Waals surface area contributed by atoms with Crippen LogP contribution in [0.5, 0.6) is 0 Å². The Morgan fingerprint density at radius 2 is 2.29 bits per heavy atom. The van der Waals surface area contributed by atoms with Crippen molar-refractivity contribution in [2.75, 3.05) is 11.5 Å². The number of nitrogen functional groups attached to an aromatic ring is 1. The number of pyridine rings is 1. The number of aryl methyl sites for hydroxylation is 1. The summed E-state index contributed by atoms with van der Waals surface area (Å²) >= 11 is 1.78. The summed E-state index contributed by atoms with van der Waals surface area (Å²) in [7, 11) is 0. The molecule has 78 valence electrons. The van der Waals surface area contributed by atoms with Gasteiger partial charge in [0.15, 0.2) is 0 Å². The molecule has 0 aliphatic rings. The summed E-state index contributed by atoms with van der Waals surface area (Å²) in [6.45, 7) is 6.44. The average molecular weight is 210 g/mol. The maximum absolute atomic E-state index is 5.81. The van der Waals surface area contributed by atoms with Crippen LogP contribution in [0.2, 0.25) is 0 Å². The van der Waals surface area contributed by atoms with Crippen LogP contribution >= 0.6 is 11.8 Å². The highest BCUT2D eigenvalue weighted by atomic mass is 32.2. The van der Waals surface area contributed by atoms with Crippen molar-refractivity contribution in [3.8, 4) is 0 Å². The van der Waals surface area contributed by atoms with Crippen LogP contribution in [-0.4, -0.2) is 10.7 Å². The topological polar surface area (TPSA) is 38.9 Å². The first-order valence-corrected chi connectivity index (χ1v) is 5.97. The van der Waals surface area contributed by atoms with Gasteiger partial charge in [0.2, 0.25) is 0 Å². The Morgan fingerprint density at radius 3 is 2.86 bits per heavy atom. The molecule has 0 saturated carbocycles. The van der Waals surface area contributed by atoms with Crippen molar-refractivity contribution in [1.29, 1.82) is 0 Å². The fourth-order valence-corrected chi connectivity index (χ4v) is 1.97. The maximum Gasteiger partial charge on any atom is 0.0980 e. The SMILES string of the molecule is CCC(C)CSc1cc(N)c(C)cn1. The average Bonchev–Trinajstić information content (AvgIpc) is 2.19.